The number of benzene rings is 1. The molecule has 136 valence electrons. The van der Waals surface area contributed by atoms with Crippen LogP contribution in [0, 0.1) is 16.7 Å². The molecular formula is C20H29N3O2. The van der Waals surface area contributed by atoms with Crippen molar-refractivity contribution in [1.82, 2.24) is 4.90 Å². The Kier molecular flexibility index (Phi) is 5.04. The molecule has 5 heteroatoms. The van der Waals surface area contributed by atoms with Crippen LogP contribution in [-0.2, 0) is 5.41 Å². The van der Waals surface area contributed by atoms with E-state index in [1.54, 1.807) is 4.90 Å². The van der Waals surface area contributed by atoms with Crippen molar-refractivity contribution in [3.8, 4) is 6.07 Å². The molecule has 0 aliphatic carbocycles. The second-order valence-corrected chi connectivity index (χ2v) is 8.90. The molecule has 0 saturated carbocycles. The van der Waals surface area contributed by atoms with E-state index in [1.165, 1.54) is 0 Å². The largest absolute Gasteiger partial charge is 0.465 e. The summed E-state index contributed by atoms with van der Waals surface area (Å²) in [6.45, 7) is 14.5. The molecule has 0 aromatic heterocycles. The van der Waals surface area contributed by atoms with Gasteiger partial charge in [0, 0.05) is 25.3 Å². The molecule has 1 aliphatic heterocycles. The van der Waals surface area contributed by atoms with Gasteiger partial charge >= 0.3 is 6.09 Å². The molecular weight excluding hydrogens is 314 g/mol. The van der Waals surface area contributed by atoms with Gasteiger partial charge < -0.3 is 14.9 Å². The maximum atomic E-state index is 11.6. The van der Waals surface area contributed by atoms with Crippen LogP contribution < -0.4 is 4.90 Å². The molecule has 0 radical (unpaired) electrons. The number of hydrogen-bond donors (Lipinski definition) is 1. The number of piperazine rings is 1. The highest BCUT2D eigenvalue weighted by atomic mass is 16.4. The third-order valence-electron chi connectivity index (χ3n) is 4.90. The lowest BCUT2D eigenvalue weighted by molar-refractivity contribution is 0.0748. The van der Waals surface area contributed by atoms with Crippen molar-refractivity contribution >= 4 is 11.8 Å². The predicted octanol–water partition coefficient (Wildman–Crippen LogP) is 4.07. The van der Waals surface area contributed by atoms with Crippen LogP contribution in [0.25, 0.3) is 0 Å². The van der Waals surface area contributed by atoms with E-state index >= 15 is 0 Å². The first-order valence-electron chi connectivity index (χ1n) is 8.74. The average molecular weight is 343 g/mol. The molecule has 1 aromatic carbocycles. The summed E-state index contributed by atoms with van der Waals surface area (Å²) in [5.74, 6) is 0. The number of rotatable bonds is 1. The molecule has 25 heavy (non-hydrogen) atoms. The van der Waals surface area contributed by atoms with Crippen molar-refractivity contribution < 1.29 is 9.90 Å². The Bertz CT molecular complexity index is 692. The predicted molar refractivity (Wildman–Crippen MR) is 100 cm³/mol. The number of nitrogens with zero attached hydrogens (tertiary/aromatic N) is 3. The van der Waals surface area contributed by atoms with E-state index in [9.17, 15) is 15.2 Å². The van der Waals surface area contributed by atoms with Crippen molar-refractivity contribution in [3.05, 3.63) is 29.3 Å². The van der Waals surface area contributed by atoms with Gasteiger partial charge in [0.2, 0.25) is 0 Å². The third kappa shape index (κ3) is 4.07. The molecule has 1 N–H and O–H groups in total. The van der Waals surface area contributed by atoms with Crippen LogP contribution in [0.3, 0.4) is 0 Å². The quantitative estimate of drug-likeness (QED) is 0.834. The Morgan fingerprint density at radius 2 is 1.84 bits per heavy atom. The molecule has 5 nitrogen and oxygen atoms in total. The molecule has 1 amide bonds. The Morgan fingerprint density at radius 3 is 2.32 bits per heavy atom. The smallest absolute Gasteiger partial charge is 0.407 e. The van der Waals surface area contributed by atoms with E-state index in [2.05, 4.69) is 52.5 Å². The normalized spacial score (nSPS) is 18.8. The SMILES string of the molecule is CC(C)(C)c1cc(C#N)ccc1N1CCN(C(=O)O)C(C(C)(C)C)C1. The Hall–Kier alpha value is -2.22. The molecule has 1 aromatic rings. The molecule has 0 spiro atoms. The second-order valence-electron chi connectivity index (χ2n) is 8.90. The van der Waals surface area contributed by atoms with E-state index in [-0.39, 0.29) is 16.9 Å². The van der Waals surface area contributed by atoms with Gasteiger partial charge in [-0.1, -0.05) is 41.5 Å². The van der Waals surface area contributed by atoms with Crippen LogP contribution in [0.5, 0.6) is 0 Å². The van der Waals surface area contributed by atoms with Crippen molar-refractivity contribution in [2.75, 3.05) is 24.5 Å². The highest BCUT2D eigenvalue weighted by molar-refractivity contribution is 5.67. The zero-order valence-corrected chi connectivity index (χ0v) is 16.1. The van der Waals surface area contributed by atoms with E-state index in [0.717, 1.165) is 11.3 Å². The third-order valence-corrected chi connectivity index (χ3v) is 4.90. The highest BCUT2D eigenvalue weighted by Crippen LogP contribution is 2.36. The van der Waals surface area contributed by atoms with Gasteiger partial charge in [-0.25, -0.2) is 4.79 Å². The standard InChI is InChI=1S/C20H29N3O2/c1-19(2,3)15-11-14(12-21)7-8-16(15)22-9-10-23(18(24)25)17(13-22)20(4,5)6/h7-8,11,17H,9-10,13H2,1-6H3,(H,24,25). The van der Waals surface area contributed by atoms with Gasteiger partial charge in [0.15, 0.2) is 0 Å². The summed E-state index contributed by atoms with van der Waals surface area (Å²) in [5, 5.41) is 18.8. The Balaban J connectivity index is 2.43. The molecule has 1 aliphatic rings. The fourth-order valence-electron chi connectivity index (χ4n) is 3.45. The van der Waals surface area contributed by atoms with Crippen LogP contribution in [-0.4, -0.2) is 41.8 Å². The molecule has 1 heterocycles. The summed E-state index contributed by atoms with van der Waals surface area (Å²) in [6, 6.07) is 7.96. The zero-order valence-electron chi connectivity index (χ0n) is 16.1. The summed E-state index contributed by atoms with van der Waals surface area (Å²) >= 11 is 0. The molecule has 1 unspecified atom stereocenters. The van der Waals surface area contributed by atoms with E-state index in [0.29, 0.717) is 25.2 Å². The van der Waals surface area contributed by atoms with Crippen molar-refractivity contribution in [2.24, 2.45) is 5.41 Å². The van der Waals surface area contributed by atoms with Crippen LogP contribution in [0.4, 0.5) is 10.5 Å². The second kappa shape index (κ2) is 6.59. The van der Waals surface area contributed by atoms with Crippen molar-refractivity contribution in [2.45, 2.75) is 53.0 Å². The minimum Gasteiger partial charge on any atom is -0.465 e. The summed E-state index contributed by atoms with van der Waals surface area (Å²) in [6.07, 6.45) is -0.851. The van der Waals surface area contributed by atoms with E-state index in [4.69, 9.17) is 0 Å². The maximum absolute atomic E-state index is 11.6. The molecule has 1 saturated heterocycles. The lowest BCUT2D eigenvalue weighted by Crippen LogP contribution is -2.59. The van der Waals surface area contributed by atoms with Crippen molar-refractivity contribution in [3.63, 3.8) is 0 Å². The summed E-state index contributed by atoms with van der Waals surface area (Å²) in [4.78, 5) is 15.5. The van der Waals surface area contributed by atoms with Crippen LogP contribution in [0.2, 0.25) is 0 Å². The number of nitriles is 1. The minimum atomic E-state index is -0.851. The fourth-order valence-corrected chi connectivity index (χ4v) is 3.45. The van der Waals surface area contributed by atoms with Crippen LogP contribution in [0.15, 0.2) is 18.2 Å². The molecule has 1 atom stereocenters. The molecule has 2 rings (SSSR count). The number of hydrogen-bond acceptors (Lipinski definition) is 3. The van der Waals surface area contributed by atoms with Gasteiger partial charge in [-0.2, -0.15) is 5.26 Å². The van der Waals surface area contributed by atoms with Gasteiger partial charge in [-0.15, -0.1) is 0 Å². The summed E-state index contributed by atoms with van der Waals surface area (Å²) in [5.41, 5.74) is 2.65. The van der Waals surface area contributed by atoms with E-state index in [1.807, 2.05) is 18.2 Å². The van der Waals surface area contributed by atoms with Gasteiger partial charge in [0.05, 0.1) is 17.7 Å². The first kappa shape index (κ1) is 19.1. The number of carboxylic acid groups (broad SMARTS) is 1. The van der Waals surface area contributed by atoms with Gasteiger partial charge in [-0.3, -0.25) is 0 Å². The van der Waals surface area contributed by atoms with Crippen LogP contribution in [0.1, 0.15) is 52.7 Å². The first-order valence-corrected chi connectivity index (χ1v) is 8.74. The van der Waals surface area contributed by atoms with E-state index < -0.39 is 6.09 Å². The Labute approximate surface area is 150 Å². The maximum Gasteiger partial charge on any atom is 0.407 e. The minimum absolute atomic E-state index is 0.0813. The van der Waals surface area contributed by atoms with Gasteiger partial charge in [-0.05, 0) is 34.6 Å². The fraction of sp³-hybridized carbons (Fsp3) is 0.600. The monoisotopic (exact) mass is 343 g/mol. The van der Waals surface area contributed by atoms with Crippen molar-refractivity contribution in [1.29, 1.82) is 5.26 Å². The number of carbonyl (C=O) groups is 1. The summed E-state index contributed by atoms with van der Waals surface area (Å²) in [7, 11) is 0. The highest BCUT2D eigenvalue weighted by Gasteiger charge is 2.38. The van der Waals surface area contributed by atoms with Gasteiger partial charge in [0.25, 0.3) is 0 Å². The average Bonchev–Trinajstić information content (AvgIpc) is 2.52. The lowest BCUT2D eigenvalue weighted by atomic mass is 9.82. The van der Waals surface area contributed by atoms with Gasteiger partial charge in [0.1, 0.15) is 0 Å². The number of amides is 1. The topological polar surface area (TPSA) is 67.6 Å². The number of anilines is 1. The molecule has 0 bridgehead atoms. The first-order chi connectivity index (χ1) is 11.4. The van der Waals surface area contributed by atoms with Crippen LogP contribution >= 0.6 is 0 Å². The lowest BCUT2D eigenvalue weighted by Gasteiger charge is -2.47. The zero-order chi connectivity index (χ0) is 19.0. The summed E-state index contributed by atoms with van der Waals surface area (Å²) < 4.78 is 0. The Morgan fingerprint density at radius 1 is 1.20 bits per heavy atom. The molecule has 1 fully saturated rings.